The highest BCUT2D eigenvalue weighted by Gasteiger charge is 2.22. The number of ether oxygens (including phenoxy) is 1. The standard InChI is InChI=1S/C7H8IN3O2/c8-5-1-10-11(3-5)4-6-2-9-7(12)13-6/h1,3,6H,2,4H2,(H,9,12). The van der Waals surface area contributed by atoms with Crippen LogP contribution >= 0.6 is 22.6 Å². The maximum atomic E-state index is 10.7. The molecule has 0 saturated carbocycles. The molecule has 1 atom stereocenters. The van der Waals surface area contributed by atoms with Crippen LogP contribution < -0.4 is 5.32 Å². The van der Waals surface area contributed by atoms with E-state index in [4.69, 9.17) is 4.74 Å². The number of hydrogen-bond donors (Lipinski definition) is 1. The molecular weight excluding hydrogens is 285 g/mol. The van der Waals surface area contributed by atoms with Gasteiger partial charge < -0.3 is 10.1 Å². The number of aromatic nitrogens is 2. The Morgan fingerprint density at radius 2 is 2.69 bits per heavy atom. The minimum atomic E-state index is -0.341. The molecule has 1 aromatic rings. The normalized spacial score (nSPS) is 21.3. The van der Waals surface area contributed by atoms with E-state index in [0.717, 1.165) is 3.57 Å². The van der Waals surface area contributed by atoms with Gasteiger partial charge in [0, 0.05) is 6.20 Å². The SMILES string of the molecule is O=C1NCC(Cn2cc(I)cn2)O1. The molecular formula is C7H8IN3O2. The quantitative estimate of drug-likeness (QED) is 0.812. The van der Waals surface area contributed by atoms with E-state index >= 15 is 0 Å². The zero-order chi connectivity index (χ0) is 9.26. The van der Waals surface area contributed by atoms with Gasteiger partial charge in [0.1, 0.15) is 6.10 Å². The summed E-state index contributed by atoms with van der Waals surface area (Å²) in [6, 6.07) is 0. The summed E-state index contributed by atoms with van der Waals surface area (Å²) in [4.78, 5) is 10.7. The molecule has 0 radical (unpaired) electrons. The number of carbonyl (C=O) groups is 1. The second-order valence-corrected chi connectivity index (χ2v) is 4.03. The Kier molecular flexibility index (Phi) is 2.38. The van der Waals surface area contributed by atoms with Gasteiger partial charge in [0.05, 0.1) is 22.9 Å². The third-order valence-electron chi connectivity index (χ3n) is 1.74. The van der Waals surface area contributed by atoms with Gasteiger partial charge in [-0.15, -0.1) is 0 Å². The lowest BCUT2D eigenvalue weighted by molar-refractivity contribution is 0.129. The minimum Gasteiger partial charge on any atom is -0.442 e. The number of hydrogen-bond acceptors (Lipinski definition) is 3. The highest BCUT2D eigenvalue weighted by atomic mass is 127. The lowest BCUT2D eigenvalue weighted by Gasteiger charge is -2.06. The number of cyclic esters (lactones) is 1. The van der Waals surface area contributed by atoms with Gasteiger partial charge in [-0.1, -0.05) is 0 Å². The first-order chi connectivity index (χ1) is 6.24. The van der Waals surface area contributed by atoms with Gasteiger partial charge in [-0.2, -0.15) is 5.10 Å². The highest BCUT2D eigenvalue weighted by molar-refractivity contribution is 14.1. The zero-order valence-electron chi connectivity index (χ0n) is 6.74. The molecule has 1 amide bonds. The van der Waals surface area contributed by atoms with Gasteiger partial charge in [0.25, 0.3) is 0 Å². The summed E-state index contributed by atoms with van der Waals surface area (Å²) < 4.78 is 7.81. The summed E-state index contributed by atoms with van der Waals surface area (Å²) in [6.07, 6.45) is 3.24. The molecule has 2 rings (SSSR count). The molecule has 13 heavy (non-hydrogen) atoms. The van der Waals surface area contributed by atoms with E-state index in [1.807, 2.05) is 6.20 Å². The first-order valence-electron chi connectivity index (χ1n) is 3.86. The number of halogens is 1. The van der Waals surface area contributed by atoms with Crippen LogP contribution in [0.1, 0.15) is 0 Å². The molecule has 5 nitrogen and oxygen atoms in total. The monoisotopic (exact) mass is 293 g/mol. The zero-order valence-corrected chi connectivity index (χ0v) is 8.89. The molecule has 1 unspecified atom stereocenters. The van der Waals surface area contributed by atoms with Gasteiger partial charge in [0.2, 0.25) is 0 Å². The fourth-order valence-corrected chi connectivity index (χ4v) is 1.63. The van der Waals surface area contributed by atoms with E-state index in [9.17, 15) is 4.79 Å². The molecule has 2 heterocycles. The lowest BCUT2D eigenvalue weighted by atomic mass is 10.4. The summed E-state index contributed by atoms with van der Waals surface area (Å²) in [5.41, 5.74) is 0. The van der Waals surface area contributed by atoms with Gasteiger partial charge in [-0.3, -0.25) is 4.68 Å². The molecule has 1 fully saturated rings. The third kappa shape index (κ3) is 2.11. The van der Waals surface area contributed by atoms with Crippen LogP contribution in [0.5, 0.6) is 0 Å². The van der Waals surface area contributed by atoms with Crippen molar-refractivity contribution >= 4 is 28.7 Å². The molecule has 70 valence electrons. The largest absolute Gasteiger partial charge is 0.442 e. The molecule has 0 spiro atoms. The maximum Gasteiger partial charge on any atom is 0.407 e. The molecule has 0 aromatic carbocycles. The fourth-order valence-electron chi connectivity index (χ4n) is 1.18. The summed E-state index contributed by atoms with van der Waals surface area (Å²) in [6.45, 7) is 1.18. The van der Waals surface area contributed by atoms with E-state index in [1.165, 1.54) is 0 Å². The van der Waals surface area contributed by atoms with Crippen molar-refractivity contribution in [1.29, 1.82) is 0 Å². The third-order valence-corrected chi connectivity index (χ3v) is 2.30. The molecule has 0 aliphatic carbocycles. The van der Waals surface area contributed by atoms with Crippen molar-refractivity contribution in [2.24, 2.45) is 0 Å². The Hall–Kier alpha value is -0.790. The molecule has 1 aliphatic rings. The van der Waals surface area contributed by atoms with Gasteiger partial charge in [-0.05, 0) is 22.6 Å². The van der Waals surface area contributed by atoms with Crippen molar-refractivity contribution in [2.75, 3.05) is 6.54 Å². The second kappa shape index (κ2) is 3.52. The van der Waals surface area contributed by atoms with Crippen LogP contribution in [-0.4, -0.2) is 28.5 Å². The number of alkyl carbamates (subject to hydrolysis) is 1. The first-order valence-corrected chi connectivity index (χ1v) is 4.94. The van der Waals surface area contributed by atoms with Gasteiger partial charge >= 0.3 is 6.09 Å². The van der Waals surface area contributed by atoms with Crippen molar-refractivity contribution in [3.63, 3.8) is 0 Å². The van der Waals surface area contributed by atoms with Crippen LogP contribution in [0.3, 0.4) is 0 Å². The first kappa shape index (κ1) is 8.79. The van der Waals surface area contributed by atoms with Crippen molar-refractivity contribution in [3.8, 4) is 0 Å². The van der Waals surface area contributed by atoms with Gasteiger partial charge in [0.15, 0.2) is 0 Å². The van der Waals surface area contributed by atoms with E-state index in [-0.39, 0.29) is 12.2 Å². The minimum absolute atomic E-state index is 0.0943. The Balaban J connectivity index is 1.95. The predicted molar refractivity (Wildman–Crippen MR) is 53.2 cm³/mol. The summed E-state index contributed by atoms with van der Waals surface area (Å²) in [5, 5.41) is 6.69. The lowest BCUT2D eigenvalue weighted by Crippen LogP contribution is -2.20. The van der Waals surface area contributed by atoms with Crippen LogP contribution in [0.25, 0.3) is 0 Å². The predicted octanol–water partition coefficient (Wildman–Crippen LogP) is 0.596. The number of nitrogens with zero attached hydrogens (tertiary/aromatic N) is 2. The topological polar surface area (TPSA) is 56.2 Å². The van der Waals surface area contributed by atoms with Crippen LogP contribution in [0.15, 0.2) is 12.4 Å². The number of nitrogens with one attached hydrogen (secondary N) is 1. The molecule has 0 bridgehead atoms. The molecule has 1 N–H and O–H groups in total. The van der Waals surface area contributed by atoms with E-state index in [0.29, 0.717) is 13.1 Å². The average Bonchev–Trinajstić information content (AvgIpc) is 2.62. The fraction of sp³-hybridized carbons (Fsp3) is 0.429. The maximum absolute atomic E-state index is 10.7. The Labute approximate surface area is 88.6 Å². The smallest absolute Gasteiger partial charge is 0.407 e. The van der Waals surface area contributed by atoms with Crippen molar-refractivity contribution in [1.82, 2.24) is 15.1 Å². The van der Waals surface area contributed by atoms with E-state index in [1.54, 1.807) is 10.9 Å². The number of amides is 1. The highest BCUT2D eigenvalue weighted by Crippen LogP contribution is 2.05. The van der Waals surface area contributed by atoms with Crippen LogP contribution in [0, 0.1) is 3.57 Å². The molecule has 6 heteroatoms. The summed E-state index contributed by atoms with van der Waals surface area (Å²) >= 11 is 2.18. The van der Waals surface area contributed by atoms with E-state index in [2.05, 4.69) is 33.0 Å². The van der Waals surface area contributed by atoms with Crippen LogP contribution in [-0.2, 0) is 11.3 Å². The average molecular weight is 293 g/mol. The van der Waals surface area contributed by atoms with Crippen molar-refractivity contribution in [3.05, 3.63) is 16.0 Å². The Morgan fingerprint density at radius 1 is 1.85 bits per heavy atom. The number of carbonyl (C=O) groups excluding carboxylic acids is 1. The molecule has 1 saturated heterocycles. The van der Waals surface area contributed by atoms with E-state index < -0.39 is 0 Å². The number of rotatable bonds is 2. The Morgan fingerprint density at radius 3 is 3.23 bits per heavy atom. The second-order valence-electron chi connectivity index (χ2n) is 2.79. The molecule has 1 aromatic heterocycles. The summed E-state index contributed by atoms with van der Waals surface area (Å²) in [5.74, 6) is 0. The summed E-state index contributed by atoms with van der Waals surface area (Å²) in [7, 11) is 0. The van der Waals surface area contributed by atoms with Crippen LogP contribution in [0.2, 0.25) is 0 Å². The van der Waals surface area contributed by atoms with Crippen molar-refractivity contribution < 1.29 is 9.53 Å². The van der Waals surface area contributed by atoms with Gasteiger partial charge in [-0.25, -0.2) is 4.79 Å². The van der Waals surface area contributed by atoms with Crippen LogP contribution in [0.4, 0.5) is 4.79 Å². The van der Waals surface area contributed by atoms with Crippen molar-refractivity contribution in [2.45, 2.75) is 12.6 Å². The molecule has 1 aliphatic heterocycles. The Bertz CT molecular complexity index is 325.